The number of anilines is 2. The summed E-state index contributed by atoms with van der Waals surface area (Å²) in [6.07, 6.45) is 2.93. The van der Waals surface area contributed by atoms with Crippen molar-refractivity contribution in [2.24, 2.45) is 0 Å². The molecule has 0 radical (unpaired) electrons. The van der Waals surface area contributed by atoms with Gasteiger partial charge in [-0.3, -0.25) is 9.59 Å². The maximum atomic E-state index is 12.1. The number of hydroxylamine groups is 2. The van der Waals surface area contributed by atoms with Gasteiger partial charge in [0.25, 0.3) is 11.8 Å². The fraction of sp³-hybridized carbons (Fsp3) is 0.476. The Bertz CT molecular complexity index is 875. The van der Waals surface area contributed by atoms with Gasteiger partial charge in [-0.25, -0.2) is 4.79 Å². The lowest BCUT2D eigenvalue weighted by Crippen LogP contribution is -2.45. The lowest BCUT2D eigenvalue weighted by molar-refractivity contribution is -0.197. The molecule has 0 unspecified atom stereocenters. The monoisotopic (exact) mass is 401 g/mol. The number of fused-ring (bicyclic) bond motifs is 1. The number of rotatable bonds is 6. The minimum Gasteiger partial charge on any atom is -0.495 e. The average molecular weight is 401 g/mol. The highest BCUT2D eigenvalue weighted by atomic mass is 16.7. The summed E-state index contributed by atoms with van der Waals surface area (Å²) in [7, 11) is 1.58. The molecule has 2 aliphatic rings. The molecule has 0 aliphatic carbocycles. The number of nitrogen functional groups attached to an aromatic ring is 1. The maximum Gasteiger partial charge on any atom is 0.333 e. The summed E-state index contributed by atoms with van der Waals surface area (Å²) < 4.78 is 5.39. The van der Waals surface area contributed by atoms with Gasteiger partial charge in [-0.1, -0.05) is 6.08 Å². The first kappa shape index (κ1) is 20.7. The smallest absolute Gasteiger partial charge is 0.333 e. The van der Waals surface area contributed by atoms with Crippen molar-refractivity contribution in [1.82, 2.24) is 5.06 Å². The van der Waals surface area contributed by atoms with Crippen molar-refractivity contribution in [2.75, 3.05) is 24.3 Å². The second-order valence-corrected chi connectivity index (χ2v) is 7.89. The molecule has 29 heavy (non-hydrogen) atoms. The maximum absolute atomic E-state index is 12.1. The predicted octanol–water partition coefficient (Wildman–Crippen LogP) is 2.67. The Kier molecular flexibility index (Phi) is 5.55. The Hall–Kier alpha value is -3.03. The summed E-state index contributed by atoms with van der Waals surface area (Å²) >= 11 is 0. The van der Waals surface area contributed by atoms with Gasteiger partial charge in [0.15, 0.2) is 0 Å². The molecule has 8 heteroatoms. The molecule has 1 fully saturated rings. The lowest BCUT2D eigenvalue weighted by atomic mass is 9.88. The summed E-state index contributed by atoms with van der Waals surface area (Å²) in [5, 5.41) is 0.586. The number of carbonyl (C=O) groups excluding carboxylic acids is 3. The number of benzene rings is 1. The molecule has 8 nitrogen and oxygen atoms in total. The van der Waals surface area contributed by atoms with Crippen LogP contribution in [0.3, 0.4) is 0 Å². The van der Waals surface area contributed by atoms with Crippen molar-refractivity contribution in [2.45, 2.75) is 52.0 Å². The quantitative estimate of drug-likeness (QED) is 0.577. The number of hydrogen-bond acceptors (Lipinski definition) is 7. The minimum absolute atomic E-state index is 0.0848. The van der Waals surface area contributed by atoms with Gasteiger partial charge in [-0.15, -0.1) is 5.06 Å². The highest BCUT2D eigenvalue weighted by Gasteiger charge is 2.34. The minimum atomic E-state index is -0.592. The molecule has 156 valence electrons. The fourth-order valence-electron chi connectivity index (χ4n) is 3.89. The molecule has 0 atom stereocenters. The van der Waals surface area contributed by atoms with Crippen molar-refractivity contribution in [1.29, 1.82) is 0 Å². The normalized spacial score (nSPS) is 17.9. The van der Waals surface area contributed by atoms with E-state index in [2.05, 4.69) is 24.8 Å². The second kappa shape index (κ2) is 7.77. The van der Waals surface area contributed by atoms with Crippen LogP contribution in [0.5, 0.6) is 5.75 Å². The highest BCUT2D eigenvalue weighted by molar-refractivity contribution is 6.01. The molecule has 1 aromatic rings. The number of nitrogens with two attached hydrogens (primary N) is 1. The molecular formula is C21H27N3O5. The second-order valence-electron chi connectivity index (χ2n) is 7.89. The zero-order valence-corrected chi connectivity index (χ0v) is 17.3. The standard InChI is InChI=1S/C21H27N3O5/c1-13-12-21(2,3)23(16-11-17(28-4)15(22)10-14(13)16)9-5-6-20(27)29-24-18(25)7-8-19(24)26/h10-12H,5-9,22H2,1-4H3. The number of methoxy groups -OCH3 is 1. The van der Waals surface area contributed by atoms with Crippen LogP contribution in [0.15, 0.2) is 18.2 Å². The zero-order valence-electron chi connectivity index (χ0n) is 17.3. The largest absolute Gasteiger partial charge is 0.495 e. The van der Waals surface area contributed by atoms with E-state index in [1.165, 1.54) is 0 Å². The third kappa shape index (κ3) is 4.06. The van der Waals surface area contributed by atoms with Gasteiger partial charge in [-0.2, -0.15) is 0 Å². The van der Waals surface area contributed by atoms with Gasteiger partial charge in [0, 0.05) is 43.1 Å². The van der Waals surface area contributed by atoms with E-state index in [0.29, 0.717) is 29.5 Å². The van der Waals surface area contributed by atoms with Gasteiger partial charge in [0.2, 0.25) is 0 Å². The summed E-state index contributed by atoms with van der Waals surface area (Å²) in [6, 6.07) is 3.82. The summed E-state index contributed by atoms with van der Waals surface area (Å²) in [6.45, 7) is 6.82. The van der Waals surface area contributed by atoms with Gasteiger partial charge in [0.05, 0.1) is 18.3 Å². The van der Waals surface area contributed by atoms with Crippen LogP contribution in [0.2, 0.25) is 0 Å². The zero-order chi connectivity index (χ0) is 21.3. The molecule has 2 aliphatic heterocycles. The van der Waals surface area contributed by atoms with Gasteiger partial charge in [-0.05, 0) is 38.8 Å². The molecule has 0 bridgehead atoms. The molecule has 1 saturated heterocycles. The molecule has 0 aromatic heterocycles. The Labute approximate surface area is 170 Å². The topological polar surface area (TPSA) is 102 Å². The lowest BCUT2D eigenvalue weighted by Gasteiger charge is -2.43. The van der Waals surface area contributed by atoms with E-state index >= 15 is 0 Å². The molecule has 2 amide bonds. The molecule has 1 aromatic carbocycles. The van der Waals surface area contributed by atoms with E-state index in [4.69, 9.17) is 15.3 Å². The average Bonchev–Trinajstić information content (AvgIpc) is 2.96. The Balaban J connectivity index is 1.71. The van der Waals surface area contributed by atoms with Crippen LogP contribution in [-0.4, -0.2) is 42.0 Å². The molecule has 2 N–H and O–H groups in total. The third-order valence-electron chi connectivity index (χ3n) is 5.29. The SMILES string of the molecule is COc1cc2c(cc1N)C(C)=CC(C)(C)N2CCCC(=O)ON1C(=O)CCC1=O. The Morgan fingerprint density at radius 1 is 1.21 bits per heavy atom. The Morgan fingerprint density at radius 2 is 1.86 bits per heavy atom. The van der Waals surface area contributed by atoms with Crippen LogP contribution in [0.4, 0.5) is 11.4 Å². The van der Waals surface area contributed by atoms with E-state index in [0.717, 1.165) is 16.8 Å². The predicted molar refractivity (Wildman–Crippen MR) is 109 cm³/mol. The first-order valence-electron chi connectivity index (χ1n) is 9.65. The van der Waals surface area contributed by atoms with Crippen LogP contribution in [-0.2, 0) is 19.2 Å². The van der Waals surface area contributed by atoms with E-state index in [-0.39, 0.29) is 24.8 Å². The summed E-state index contributed by atoms with van der Waals surface area (Å²) in [4.78, 5) is 42.4. The van der Waals surface area contributed by atoms with E-state index in [9.17, 15) is 14.4 Å². The van der Waals surface area contributed by atoms with Gasteiger partial charge in [0.1, 0.15) is 5.75 Å². The summed E-state index contributed by atoms with van der Waals surface area (Å²) in [5.41, 5.74) is 9.51. The van der Waals surface area contributed by atoms with E-state index in [1.807, 2.05) is 19.1 Å². The molecule has 3 rings (SSSR count). The van der Waals surface area contributed by atoms with Crippen LogP contribution in [0, 0.1) is 0 Å². The first-order chi connectivity index (χ1) is 13.6. The number of nitrogens with zero attached hydrogens (tertiary/aromatic N) is 2. The molecule has 2 heterocycles. The van der Waals surface area contributed by atoms with E-state index < -0.39 is 17.8 Å². The Morgan fingerprint density at radius 3 is 2.48 bits per heavy atom. The van der Waals surface area contributed by atoms with Crippen LogP contribution in [0.25, 0.3) is 5.57 Å². The number of carbonyl (C=O) groups is 3. The van der Waals surface area contributed by atoms with Crippen LogP contribution in [0.1, 0.15) is 52.0 Å². The van der Waals surface area contributed by atoms with Crippen molar-refractivity contribution in [3.05, 3.63) is 23.8 Å². The molecule has 0 spiro atoms. The first-order valence-corrected chi connectivity index (χ1v) is 9.65. The van der Waals surface area contributed by atoms with Crippen molar-refractivity contribution < 1.29 is 24.0 Å². The van der Waals surface area contributed by atoms with Crippen molar-refractivity contribution >= 4 is 34.7 Å². The van der Waals surface area contributed by atoms with Gasteiger partial charge < -0.3 is 20.2 Å². The number of imide groups is 1. The molecule has 0 saturated carbocycles. The fourth-order valence-corrected chi connectivity index (χ4v) is 3.89. The molecular weight excluding hydrogens is 374 g/mol. The van der Waals surface area contributed by atoms with Crippen molar-refractivity contribution in [3.8, 4) is 5.75 Å². The number of hydrogen-bond donors (Lipinski definition) is 1. The van der Waals surface area contributed by atoms with Crippen LogP contribution >= 0.6 is 0 Å². The van der Waals surface area contributed by atoms with Crippen molar-refractivity contribution in [3.63, 3.8) is 0 Å². The third-order valence-corrected chi connectivity index (χ3v) is 5.29. The number of ether oxygens (including phenoxy) is 1. The van der Waals surface area contributed by atoms with E-state index in [1.54, 1.807) is 7.11 Å². The number of allylic oxidation sites excluding steroid dienone is 1. The summed E-state index contributed by atoms with van der Waals surface area (Å²) in [5.74, 6) is -0.936. The highest BCUT2D eigenvalue weighted by Crippen LogP contribution is 2.43. The van der Waals surface area contributed by atoms with Gasteiger partial charge >= 0.3 is 5.97 Å². The van der Waals surface area contributed by atoms with Crippen LogP contribution < -0.4 is 15.4 Å². The number of amides is 2.